The first kappa shape index (κ1) is 20.7. The average Bonchev–Trinajstić information content (AvgIpc) is 3.42. The van der Waals surface area contributed by atoms with E-state index < -0.39 is 0 Å². The zero-order valence-electron chi connectivity index (χ0n) is 17.7. The highest BCUT2D eigenvalue weighted by atomic mass is 32.2. The summed E-state index contributed by atoms with van der Waals surface area (Å²) in [4.78, 5) is 19.8. The lowest BCUT2D eigenvalue weighted by molar-refractivity contribution is -0.129. The standard InChI is InChI=1S/C22H28N6OS/c1-4-15-8-10-16(11-9-15)28-19(23)18-14(3)25-26-20(18)24-22(28)30-17(5-2)21(29)27-12-6-7-13-27/h8-11,17,23H,4-7,12-13H2,1-3H3,(H,25,26). The summed E-state index contributed by atoms with van der Waals surface area (Å²) < 4.78 is 1.84. The van der Waals surface area contributed by atoms with Crippen LogP contribution in [0.2, 0.25) is 0 Å². The van der Waals surface area contributed by atoms with Gasteiger partial charge in [-0.15, -0.1) is 0 Å². The van der Waals surface area contributed by atoms with Crippen LogP contribution in [0.1, 0.15) is 44.4 Å². The number of aromatic amines is 1. The number of benzene rings is 1. The lowest BCUT2D eigenvalue weighted by atomic mass is 10.1. The Balaban J connectivity index is 1.80. The number of aromatic nitrogens is 4. The summed E-state index contributed by atoms with van der Waals surface area (Å²) in [7, 11) is 0. The summed E-state index contributed by atoms with van der Waals surface area (Å²) in [5.74, 6) is 0.166. The van der Waals surface area contributed by atoms with Crippen molar-refractivity contribution in [1.82, 2.24) is 24.6 Å². The van der Waals surface area contributed by atoms with Gasteiger partial charge < -0.3 is 4.90 Å². The number of hydrogen-bond acceptors (Lipinski definition) is 5. The van der Waals surface area contributed by atoms with Gasteiger partial charge in [-0.1, -0.05) is 37.7 Å². The van der Waals surface area contributed by atoms with Crippen LogP contribution in [0.5, 0.6) is 0 Å². The Morgan fingerprint density at radius 3 is 2.57 bits per heavy atom. The van der Waals surface area contributed by atoms with E-state index in [1.807, 2.05) is 35.4 Å². The quantitative estimate of drug-likeness (QED) is 0.467. The lowest BCUT2D eigenvalue weighted by Gasteiger charge is -2.23. The van der Waals surface area contributed by atoms with Gasteiger partial charge >= 0.3 is 0 Å². The number of aryl methyl sites for hydroxylation is 2. The summed E-state index contributed by atoms with van der Waals surface area (Å²) in [6, 6.07) is 8.20. The highest BCUT2D eigenvalue weighted by Crippen LogP contribution is 2.29. The van der Waals surface area contributed by atoms with E-state index in [-0.39, 0.29) is 11.2 Å². The minimum atomic E-state index is -0.228. The number of rotatable bonds is 6. The Morgan fingerprint density at radius 1 is 1.23 bits per heavy atom. The summed E-state index contributed by atoms with van der Waals surface area (Å²) in [5, 5.41) is 17.2. The van der Waals surface area contributed by atoms with Crippen LogP contribution in [0.3, 0.4) is 0 Å². The largest absolute Gasteiger partial charge is 0.342 e. The zero-order chi connectivity index (χ0) is 21.3. The molecule has 0 aliphatic carbocycles. The molecule has 1 fully saturated rings. The Bertz CT molecular complexity index is 1110. The van der Waals surface area contributed by atoms with Crippen molar-refractivity contribution in [2.45, 2.75) is 56.9 Å². The van der Waals surface area contributed by atoms with E-state index >= 15 is 0 Å². The number of nitrogens with zero attached hydrogens (tertiary/aromatic N) is 4. The molecular formula is C22H28N6OS. The number of carbonyl (C=O) groups excluding carboxylic acids is 1. The maximum absolute atomic E-state index is 13.1. The van der Waals surface area contributed by atoms with E-state index in [4.69, 9.17) is 10.4 Å². The predicted octanol–water partition coefficient (Wildman–Crippen LogP) is 3.59. The number of carbonyl (C=O) groups is 1. The van der Waals surface area contributed by atoms with Crippen LogP contribution in [-0.4, -0.2) is 48.9 Å². The van der Waals surface area contributed by atoms with E-state index in [9.17, 15) is 4.79 Å². The van der Waals surface area contributed by atoms with Crippen molar-refractivity contribution in [3.05, 3.63) is 41.0 Å². The van der Waals surface area contributed by atoms with Gasteiger partial charge in [-0.25, -0.2) is 4.98 Å². The van der Waals surface area contributed by atoms with Crippen LogP contribution in [0.15, 0.2) is 29.4 Å². The summed E-state index contributed by atoms with van der Waals surface area (Å²) in [6.07, 6.45) is 3.82. The second kappa shape index (κ2) is 8.63. The molecule has 7 nitrogen and oxygen atoms in total. The molecule has 1 unspecified atom stereocenters. The normalized spacial score (nSPS) is 15.1. The average molecular weight is 425 g/mol. The molecular weight excluding hydrogens is 396 g/mol. The third kappa shape index (κ3) is 3.76. The molecule has 1 atom stereocenters. The molecule has 158 valence electrons. The van der Waals surface area contributed by atoms with Crippen LogP contribution < -0.4 is 5.49 Å². The Morgan fingerprint density at radius 2 is 1.93 bits per heavy atom. The van der Waals surface area contributed by atoms with Crippen LogP contribution in [0, 0.1) is 12.3 Å². The van der Waals surface area contributed by atoms with Crippen molar-refractivity contribution in [1.29, 1.82) is 5.41 Å². The molecule has 4 rings (SSSR count). The molecule has 1 aromatic carbocycles. The van der Waals surface area contributed by atoms with E-state index in [1.54, 1.807) is 0 Å². The fraction of sp³-hybridized carbons (Fsp3) is 0.455. The molecule has 2 aromatic heterocycles. The number of hydrogen-bond donors (Lipinski definition) is 2. The molecule has 3 aromatic rings. The summed E-state index contributed by atoms with van der Waals surface area (Å²) in [6.45, 7) is 7.73. The topological polar surface area (TPSA) is 90.7 Å². The molecule has 1 amide bonds. The highest BCUT2D eigenvalue weighted by molar-refractivity contribution is 8.00. The highest BCUT2D eigenvalue weighted by Gasteiger charge is 2.28. The van der Waals surface area contributed by atoms with Crippen molar-refractivity contribution in [3.63, 3.8) is 0 Å². The molecule has 1 saturated heterocycles. The van der Waals surface area contributed by atoms with Gasteiger partial charge in [-0.2, -0.15) is 5.10 Å². The van der Waals surface area contributed by atoms with Crippen LogP contribution in [0.25, 0.3) is 16.7 Å². The fourth-order valence-corrected chi connectivity index (χ4v) is 5.02. The summed E-state index contributed by atoms with van der Waals surface area (Å²) in [5.41, 5.74) is 3.78. The van der Waals surface area contributed by atoms with Gasteiger partial charge in [-0.05, 0) is 50.3 Å². The number of fused-ring (bicyclic) bond motifs is 1. The van der Waals surface area contributed by atoms with Crippen LogP contribution in [-0.2, 0) is 11.2 Å². The predicted molar refractivity (Wildman–Crippen MR) is 119 cm³/mol. The van der Waals surface area contributed by atoms with Gasteiger partial charge in [0.15, 0.2) is 10.8 Å². The monoisotopic (exact) mass is 424 g/mol. The van der Waals surface area contributed by atoms with E-state index in [0.717, 1.165) is 43.7 Å². The minimum Gasteiger partial charge on any atom is -0.342 e. The maximum atomic E-state index is 13.1. The molecule has 0 bridgehead atoms. The second-order valence-electron chi connectivity index (χ2n) is 7.69. The molecule has 0 saturated carbocycles. The lowest BCUT2D eigenvalue weighted by Crippen LogP contribution is -2.35. The molecule has 0 spiro atoms. The van der Waals surface area contributed by atoms with E-state index in [1.165, 1.54) is 17.3 Å². The first-order valence-electron chi connectivity index (χ1n) is 10.6. The smallest absolute Gasteiger partial charge is 0.236 e. The van der Waals surface area contributed by atoms with Gasteiger partial charge in [0.25, 0.3) is 0 Å². The first-order chi connectivity index (χ1) is 14.5. The van der Waals surface area contributed by atoms with Gasteiger partial charge in [0, 0.05) is 24.5 Å². The third-order valence-corrected chi connectivity index (χ3v) is 7.00. The zero-order valence-corrected chi connectivity index (χ0v) is 18.6. The Labute approximate surface area is 180 Å². The molecule has 30 heavy (non-hydrogen) atoms. The maximum Gasteiger partial charge on any atom is 0.236 e. The van der Waals surface area contributed by atoms with Crippen molar-refractivity contribution in [2.24, 2.45) is 0 Å². The molecule has 0 radical (unpaired) electrons. The van der Waals surface area contributed by atoms with Gasteiger partial charge in [-0.3, -0.25) is 19.9 Å². The second-order valence-corrected chi connectivity index (χ2v) is 8.86. The van der Waals surface area contributed by atoms with Crippen molar-refractivity contribution >= 4 is 28.7 Å². The summed E-state index contributed by atoms with van der Waals surface area (Å²) >= 11 is 1.44. The van der Waals surface area contributed by atoms with Gasteiger partial charge in [0.1, 0.15) is 5.49 Å². The minimum absolute atomic E-state index is 0.166. The van der Waals surface area contributed by atoms with Crippen molar-refractivity contribution in [3.8, 4) is 5.69 Å². The van der Waals surface area contributed by atoms with Crippen molar-refractivity contribution < 1.29 is 4.79 Å². The number of likely N-dealkylation sites (tertiary alicyclic amines) is 1. The van der Waals surface area contributed by atoms with Crippen LogP contribution >= 0.6 is 11.8 Å². The third-order valence-electron chi connectivity index (χ3n) is 5.70. The SMILES string of the molecule is CCc1ccc(-n2c(SC(CC)C(=O)N3CCCC3)nc3n[nH]c(C)c3c2=N)cc1. The van der Waals surface area contributed by atoms with Crippen molar-refractivity contribution in [2.75, 3.05) is 13.1 Å². The Kier molecular flexibility index (Phi) is 5.94. The molecule has 3 heterocycles. The van der Waals surface area contributed by atoms with Gasteiger partial charge in [0.05, 0.1) is 10.6 Å². The number of thioether (sulfide) groups is 1. The molecule has 2 N–H and O–H groups in total. The van der Waals surface area contributed by atoms with E-state index in [2.05, 4.69) is 29.3 Å². The van der Waals surface area contributed by atoms with E-state index in [0.29, 0.717) is 28.1 Å². The molecule has 1 aliphatic rings. The number of amides is 1. The number of H-pyrrole nitrogens is 1. The molecule has 1 aliphatic heterocycles. The fourth-order valence-electron chi connectivity index (χ4n) is 3.90. The number of nitrogens with one attached hydrogen (secondary N) is 2. The molecule has 8 heteroatoms. The Hall–Kier alpha value is -2.61. The van der Waals surface area contributed by atoms with Crippen LogP contribution in [0.4, 0.5) is 0 Å². The first-order valence-corrected chi connectivity index (χ1v) is 11.5. The van der Waals surface area contributed by atoms with Gasteiger partial charge in [0.2, 0.25) is 5.91 Å².